The molecule has 3 heteroatoms. The fraction of sp³-hybridized carbons (Fsp3) is 0.800. The van der Waals surface area contributed by atoms with Crippen molar-refractivity contribution < 1.29 is 15.3 Å². The van der Waals surface area contributed by atoms with Crippen molar-refractivity contribution in [3.05, 3.63) is 11.3 Å². The summed E-state index contributed by atoms with van der Waals surface area (Å²) in [4.78, 5) is 0. The molecule has 0 aromatic carbocycles. The Morgan fingerprint density at radius 1 is 1.46 bits per heavy atom. The molecule has 1 aliphatic rings. The van der Waals surface area contributed by atoms with E-state index in [4.69, 9.17) is 0 Å². The van der Waals surface area contributed by atoms with Gasteiger partial charge in [0.05, 0.1) is 5.60 Å². The SMILES string of the molecule is CC(C)C1=C(O)C(O)C(C)(O)CC1. The number of allylic oxidation sites excluding steroid dienone is 1. The molecule has 2 unspecified atom stereocenters. The van der Waals surface area contributed by atoms with Crippen LogP contribution >= 0.6 is 0 Å². The average molecular weight is 186 g/mol. The van der Waals surface area contributed by atoms with Gasteiger partial charge in [-0.15, -0.1) is 0 Å². The Labute approximate surface area is 78.7 Å². The first-order valence-corrected chi connectivity index (χ1v) is 4.68. The lowest BCUT2D eigenvalue weighted by atomic mass is 9.80. The molecule has 2 atom stereocenters. The largest absolute Gasteiger partial charge is 0.509 e. The second-order valence-corrected chi connectivity index (χ2v) is 4.32. The van der Waals surface area contributed by atoms with Gasteiger partial charge in [0, 0.05) is 0 Å². The molecule has 0 heterocycles. The molecule has 1 aliphatic carbocycles. The third kappa shape index (κ3) is 1.86. The highest BCUT2D eigenvalue weighted by Crippen LogP contribution is 2.34. The second kappa shape index (κ2) is 3.31. The Morgan fingerprint density at radius 3 is 2.46 bits per heavy atom. The molecule has 0 aliphatic heterocycles. The van der Waals surface area contributed by atoms with Crippen molar-refractivity contribution in [2.24, 2.45) is 5.92 Å². The predicted octanol–water partition coefficient (Wildman–Crippen LogP) is 1.36. The maximum atomic E-state index is 9.67. The quantitative estimate of drug-likeness (QED) is 0.579. The van der Waals surface area contributed by atoms with Gasteiger partial charge in [-0.1, -0.05) is 13.8 Å². The first-order chi connectivity index (χ1) is 5.86. The van der Waals surface area contributed by atoms with Gasteiger partial charge in [0.1, 0.15) is 11.9 Å². The minimum Gasteiger partial charge on any atom is -0.509 e. The summed E-state index contributed by atoms with van der Waals surface area (Å²) in [7, 11) is 0. The highest BCUT2D eigenvalue weighted by atomic mass is 16.4. The normalized spacial score (nSPS) is 35.7. The summed E-state index contributed by atoms with van der Waals surface area (Å²) < 4.78 is 0. The van der Waals surface area contributed by atoms with Gasteiger partial charge in [-0.25, -0.2) is 0 Å². The zero-order chi connectivity index (χ0) is 10.2. The zero-order valence-corrected chi connectivity index (χ0v) is 8.41. The van der Waals surface area contributed by atoms with E-state index in [1.165, 1.54) is 0 Å². The van der Waals surface area contributed by atoms with Crippen molar-refractivity contribution in [2.75, 3.05) is 0 Å². The third-order valence-corrected chi connectivity index (χ3v) is 2.77. The highest BCUT2D eigenvalue weighted by Gasteiger charge is 2.38. The number of aliphatic hydroxyl groups is 3. The molecule has 0 aromatic rings. The van der Waals surface area contributed by atoms with Crippen LogP contribution < -0.4 is 0 Å². The van der Waals surface area contributed by atoms with Crippen LogP contribution in [0.25, 0.3) is 0 Å². The van der Waals surface area contributed by atoms with E-state index in [0.717, 1.165) is 5.57 Å². The van der Waals surface area contributed by atoms with Crippen molar-refractivity contribution >= 4 is 0 Å². The summed E-state index contributed by atoms with van der Waals surface area (Å²) in [6.07, 6.45) is 0.0397. The third-order valence-electron chi connectivity index (χ3n) is 2.77. The Balaban J connectivity index is 2.96. The van der Waals surface area contributed by atoms with E-state index in [1.54, 1.807) is 6.92 Å². The molecule has 0 amide bonds. The molecular formula is C10H18O3. The van der Waals surface area contributed by atoms with Crippen molar-refractivity contribution in [2.45, 2.75) is 45.3 Å². The van der Waals surface area contributed by atoms with E-state index in [2.05, 4.69) is 0 Å². The van der Waals surface area contributed by atoms with Crippen LogP contribution in [-0.4, -0.2) is 27.0 Å². The molecule has 0 radical (unpaired) electrons. The lowest BCUT2D eigenvalue weighted by Crippen LogP contribution is -2.44. The van der Waals surface area contributed by atoms with Gasteiger partial charge < -0.3 is 15.3 Å². The molecule has 0 saturated heterocycles. The topological polar surface area (TPSA) is 60.7 Å². The summed E-state index contributed by atoms with van der Waals surface area (Å²) in [5, 5.41) is 28.8. The Bertz CT molecular complexity index is 228. The molecule has 0 fully saturated rings. The van der Waals surface area contributed by atoms with Crippen molar-refractivity contribution in [3.8, 4) is 0 Å². The van der Waals surface area contributed by atoms with Crippen LogP contribution in [0.3, 0.4) is 0 Å². The number of rotatable bonds is 1. The lowest BCUT2D eigenvalue weighted by molar-refractivity contribution is -0.0731. The fourth-order valence-corrected chi connectivity index (χ4v) is 1.71. The van der Waals surface area contributed by atoms with Crippen molar-refractivity contribution in [3.63, 3.8) is 0 Å². The number of hydrogen-bond donors (Lipinski definition) is 3. The minimum atomic E-state index is -1.18. The second-order valence-electron chi connectivity index (χ2n) is 4.32. The number of hydrogen-bond acceptors (Lipinski definition) is 3. The smallest absolute Gasteiger partial charge is 0.139 e. The van der Waals surface area contributed by atoms with Gasteiger partial charge >= 0.3 is 0 Å². The maximum Gasteiger partial charge on any atom is 0.139 e. The predicted molar refractivity (Wildman–Crippen MR) is 50.4 cm³/mol. The minimum absolute atomic E-state index is 0.0359. The van der Waals surface area contributed by atoms with Crippen LogP contribution in [0.4, 0.5) is 0 Å². The van der Waals surface area contributed by atoms with E-state index >= 15 is 0 Å². The summed E-state index contributed by atoms with van der Waals surface area (Å²) in [5.74, 6) is 0.192. The molecule has 0 spiro atoms. The molecule has 13 heavy (non-hydrogen) atoms. The van der Waals surface area contributed by atoms with Gasteiger partial charge in [-0.05, 0) is 31.3 Å². The van der Waals surface area contributed by atoms with Gasteiger partial charge in [-0.2, -0.15) is 0 Å². The van der Waals surface area contributed by atoms with Crippen LogP contribution in [0.1, 0.15) is 33.6 Å². The molecular weight excluding hydrogens is 168 g/mol. The summed E-state index contributed by atoms with van der Waals surface area (Å²) in [6, 6.07) is 0. The highest BCUT2D eigenvalue weighted by molar-refractivity contribution is 5.21. The molecule has 1 rings (SSSR count). The fourth-order valence-electron chi connectivity index (χ4n) is 1.71. The first kappa shape index (κ1) is 10.5. The first-order valence-electron chi connectivity index (χ1n) is 4.68. The molecule has 3 N–H and O–H groups in total. The van der Waals surface area contributed by atoms with Crippen LogP contribution in [0.15, 0.2) is 11.3 Å². The lowest BCUT2D eigenvalue weighted by Gasteiger charge is -2.35. The molecule has 0 aromatic heterocycles. The Morgan fingerprint density at radius 2 is 2.00 bits per heavy atom. The van der Waals surface area contributed by atoms with E-state index in [-0.39, 0.29) is 11.7 Å². The molecule has 0 bridgehead atoms. The molecule has 76 valence electrons. The van der Waals surface area contributed by atoms with Gasteiger partial charge in [0.2, 0.25) is 0 Å². The van der Waals surface area contributed by atoms with Crippen LogP contribution in [-0.2, 0) is 0 Å². The monoisotopic (exact) mass is 186 g/mol. The van der Waals surface area contributed by atoms with Gasteiger partial charge in [0.15, 0.2) is 0 Å². The van der Waals surface area contributed by atoms with Gasteiger partial charge in [-0.3, -0.25) is 0 Å². The summed E-state index contributed by atoms with van der Waals surface area (Å²) >= 11 is 0. The Hall–Kier alpha value is -0.540. The molecule has 3 nitrogen and oxygen atoms in total. The van der Waals surface area contributed by atoms with Crippen molar-refractivity contribution in [1.82, 2.24) is 0 Å². The maximum absolute atomic E-state index is 9.67. The molecule has 0 saturated carbocycles. The van der Waals surface area contributed by atoms with Gasteiger partial charge in [0.25, 0.3) is 0 Å². The van der Waals surface area contributed by atoms with E-state index in [0.29, 0.717) is 12.8 Å². The van der Waals surface area contributed by atoms with Crippen LogP contribution in [0.5, 0.6) is 0 Å². The number of aliphatic hydroxyl groups excluding tert-OH is 2. The van der Waals surface area contributed by atoms with Crippen molar-refractivity contribution in [1.29, 1.82) is 0 Å². The average Bonchev–Trinajstić information content (AvgIpc) is 2.00. The Kier molecular flexibility index (Phi) is 2.68. The van der Waals surface area contributed by atoms with Crippen LogP contribution in [0.2, 0.25) is 0 Å². The summed E-state index contributed by atoms with van der Waals surface area (Å²) in [5.41, 5.74) is -0.318. The standard InChI is InChI=1S/C10H18O3/c1-6(2)7-4-5-10(3,13)9(12)8(7)11/h6,9,11-13H,4-5H2,1-3H3. The van der Waals surface area contributed by atoms with E-state index < -0.39 is 11.7 Å². The zero-order valence-electron chi connectivity index (χ0n) is 8.41. The van der Waals surface area contributed by atoms with E-state index in [1.807, 2.05) is 13.8 Å². The van der Waals surface area contributed by atoms with Crippen LogP contribution in [0, 0.1) is 5.92 Å². The summed E-state index contributed by atoms with van der Waals surface area (Å²) in [6.45, 7) is 5.49. The van der Waals surface area contributed by atoms with E-state index in [9.17, 15) is 15.3 Å².